The maximum atomic E-state index is 9.74. The van der Waals surface area contributed by atoms with Crippen LogP contribution in [0.5, 0.6) is 0 Å². The van der Waals surface area contributed by atoms with Crippen LogP contribution < -0.4 is 5.73 Å². The van der Waals surface area contributed by atoms with E-state index >= 15 is 0 Å². The summed E-state index contributed by atoms with van der Waals surface area (Å²) in [6.45, 7) is 2.13. The molecule has 0 radical (unpaired) electrons. The fourth-order valence-corrected chi connectivity index (χ4v) is 2.08. The zero-order valence-electron chi connectivity index (χ0n) is 8.32. The van der Waals surface area contributed by atoms with Gasteiger partial charge in [-0.1, -0.05) is 19.8 Å². The molecule has 3 nitrogen and oxygen atoms in total. The molecule has 0 aromatic heterocycles. The van der Waals surface area contributed by atoms with Crippen LogP contribution in [0.4, 0.5) is 0 Å². The van der Waals surface area contributed by atoms with E-state index in [4.69, 9.17) is 10.8 Å². The van der Waals surface area contributed by atoms with E-state index in [1.54, 1.807) is 0 Å². The molecule has 0 bridgehead atoms. The number of aliphatic hydroxyl groups is 2. The fourth-order valence-electron chi connectivity index (χ4n) is 2.08. The molecule has 13 heavy (non-hydrogen) atoms. The first-order valence-corrected chi connectivity index (χ1v) is 5.19. The number of rotatable bonds is 3. The minimum Gasteiger partial charge on any atom is -0.395 e. The zero-order valence-corrected chi connectivity index (χ0v) is 8.32. The second kappa shape index (κ2) is 4.94. The van der Waals surface area contributed by atoms with Crippen molar-refractivity contribution in [3.05, 3.63) is 0 Å². The van der Waals surface area contributed by atoms with Crippen LogP contribution in [-0.2, 0) is 0 Å². The molecular weight excluding hydrogens is 166 g/mol. The van der Waals surface area contributed by atoms with E-state index < -0.39 is 12.1 Å². The average Bonchev–Trinajstić information content (AvgIpc) is 2.17. The minimum atomic E-state index is -0.516. The molecule has 78 valence electrons. The Kier molecular flexibility index (Phi) is 4.16. The van der Waals surface area contributed by atoms with Crippen molar-refractivity contribution in [3.8, 4) is 0 Å². The highest BCUT2D eigenvalue weighted by atomic mass is 16.3. The van der Waals surface area contributed by atoms with Crippen molar-refractivity contribution in [2.75, 3.05) is 6.61 Å². The molecule has 0 aromatic rings. The van der Waals surface area contributed by atoms with Gasteiger partial charge in [-0.25, -0.2) is 0 Å². The molecule has 0 aromatic carbocycles. The van der Waals surface area contributed by atoms with Crippen LogP contribution in [0, 0.1) is 11.8 Å². The van der Waals surface area contributed by atoms with E-state index in [9.17, 15) is 5.11 Å². The molecule has 3 heteroatoms. The highest BCUT2D eigenvalue weighted by Crippen LogP contribution is 2.30. The Bertz CT molecular complexity index is 144. The van der Waals surface area contributed by atoms with Gasteiger partial charge in [0, 0.05) is 0 Å². The van der Waals surface area contributed by atoms with E-state index in [1.807, 2.05) is 0 Å². The molecular formula is C10H21NO2. The summed E-state index contributed by atoms with van der Waals surface area (Å²) in [4.78, 5) is 0. The smallest absolute Gasteiger partial charge is 0.0741 e. The highest BCUT2D eigenvalue weighted by Gasteiger charge is 2.28. The van der Waals surface area contributed by atoms with Gasteiger partial charge < -0.3 is 15.9 Å². The number of hydrogen-bond acceptors (Lipinski definition) is 3. The first-order chi connectivity index (χ1) is 6.15. The summed E-state index contributed by atoms with van der Waals surface area (Å²) < 4.78 is 0. The molecule has 1 aliphatic rings. The topological polar surface area (TPSA) is 66.5 Å². The molecule has 1 rings (SSSR count). The molecule has 2 atom stereocenters. The van der Waals surface area contributed by atoms with Gasteiger partial charge in [0.25, 0.3) is 0 Å². The molecule has 4 N–H and O–H groups in total. The van der Waals surface area contributed by atoms with Gasteiger partial charge in [-0.3, -0.25) is 0 Å². The molecule has 0 heterocycles. The van der Waals surface area contributed by atoms with Crippen LogP contribution in [0.3, 0.4) is 0 Å². The summed E-state index contributed by atoms with van der Waals surface area (Å²) in [6, 6.07) is -0.460. The van der Waals surface area contributed by atoms with Gasteiger partial charge in [0.15, 0.2) is 0 Å². The van der Waals surface area contributed by atoms with Crippen LogP contribution in [0.25, 0.3) is 0 Å². The van der Waals surface area contributed by atoms with E-state index in [-0.39, 0.29) is 6.61 Å². The Morgan fingerprint density at radius 3 is 2.31 bits per heavy atom. The van der Waals surface area contributed by atoms with Crippen LogP contribution >= 0.6 is 0 Å². The molecule has 0 amide bonds. The third-order valence-electron chi connectivity index (χ3n) is 3.19. The lowest BCUT2D eigenvalue weighted by Gasteiger charge is -2.32. The maximum absolute atomic E-state index is 9.74. The highest BCUT2D eigenvalue weighted by molar-refractivity contribution is 4.82. The molecule has 0 spiro atoms. The van der Waals surface area contributed by atoms with Gasteiger partial charge in [0.2, 0.25) is 0 Å². The largest absolute Gasteiger partial charge is 0.395 e. The molecule has 1 aliphatic carbocycles. The van der Waals surface area contributed by atoms with Crippen molar-refractivity contribution in [2.45, 2.75) is 44.8 Å². The third kappa shape index (κ3) is 2.93. The van der Waals surface area contributed by atoms with Gasteiger partial charge >= 0.3 is 0 Å². The van der Waals surface area contributed by atoms with E-state index in [0.717, 1.165) is 18.8 Å². The van der Waals surface area contributed by atoms with Gasteiger partial charge in [-0.05, 0) is 24.7 Å². The Labute approximate surface area is 79.9 Å². The number of aliphatic hydroxyl groups excluding tert-OH is 2. The summed E-state index contributed by atoms with van der Waals surface area (Å²) in [5, 5.41) is 18.5. The van der Waals surface area contributed by atoms with E-state index in [2.05, 4.69) is 6.92 Å². The quantitative estimate of drug-likeness (QED) is 0.602. The lowest BCUT2D eigenvalue weighted by atomic mass is 9.78. The van der Waals surface area contributed by atoms with Crippen LogP contribution in [-0.4, -0.2) is 29.0 Å². The Balaban J connectivity index is 2.35. The summed E-state index contributed by atoms with van der Waals surface area (Å²) in [7, 11) is 0. The lowest BCUT2D eigenvalue weighted by Crippen LogP contribution is -2.43. The van der Waals surface area contributed by atoms with E-state index in [1.165, 1.54) is 12.8 Å². The SMILES string of the molecule is CC1CCC(C(O)C(N)CO)CC1. The Morgan fingerprint density at radius 2 is 1.85 bits per heavy atom. The first-order valence-electron chi connectivity index (χ1n) is 5.19. The van der Waals surface area contributed by atoms with Crippen molar-refractivity contribution >= 4 is 0 Å². The summed E-state index contributed by atoms with van der Waals surface area (Å²) >= 11 is 0. The summed E-state index contributed by atoms with van der Waals surface area (Å²) in [5.41, 5.74) is 5.58. The second-order valence-electron chi connectivity index (χ2n) is 4.36. The molecule has 0 saturated heterocycles. The van der Waals surface area contributed by atoms with E-state index in [0.29, 0.717) is 5.92 Å². The number of hydrogen-bond donors (Lipinski definition) is 3. The van der Waals surface area contributed by atoms with Gasteiger partial charge in [-0.2, -0.15) is 0 Å². The maximum Gasteiger partial charge on any atom is 0.0741 e. The minimum absolute atomic E-state index is 0.118. The van der Waals surface area contributed by atoms with Crippen LogP contribution in [0.15, 0.2) is 0 Å². The Morgan fingerprint density at radius 1 is 1.31 bits per heavy atom. The normalized spacial score (nSPS) is 34.2. The van der Waals surface area contributed by atoms with Crippen molar-refractivity contribution in [1.29, 1.82) is 0 Å². The predicted octanol–water partition coefficient (Wildman–Crippen LogP) is 0.493. The van der Waals surface area contributed by atoms with Crippen molar-refractivity contribution in [3.63, 3.8) is 0 Å². The molecule has 1 fully saturated rings. The molecule has 0 aliphatic heterocycles. The second-order valence-corrected chi connectivity index (χ2v) is 4.36. The van der Waals surface area contributed by atoms with Crippen LogP contribution in [0.2, 0.25) is 0 Å². The monoisotopic (exact) mass is 187 g/mol. The summed E-state index contributed by atoms with van der Waals surface area (Å²) in [5.74, 6) is 1.09. The first kappa shape index (κ1) is 11.0. The third-order valence-corrected chi connectivity index (χ3v) is 3.19. The van der Waals surface area contributed by atoms with Crippen molar-refractivity contribution in [1.82, 2.24) is 0 Å². The Hall–Kier alpha value is -0.120. The predicted molar refractivity (Wildman–Crippen MR) is 52.2 cm³/mol. The van der Waals surface area contributed by atoms with Crippen molar-refractivity contribution < 1.29 is 10.2 Å². The van der Waals surface area contributed by atoms with Gasteiger partial charge in [0.05, 0.1) is 18.8 Å². The van der Waals surface area contributed by atoms with Gasteiger partial charge in [-0.15, -0.1) is 0 Å². The standard InChI is InChI=1S/C10H21NO2/c1-7-2-4-8(5-3-7)10(13)9(11)6-12/h7-10,12-13H,2-6,11H2,1H3. The lowest BCUT2D eigenvalue weighted by molar-refractivity contribution is 0.0368. The zero-order chi connectivity index (χ0) is 9.84. The number of nitrogens with two attached hydrogens (primary N) is 1. The summed E-state index contributed by atoms with van der Waals surface area (Å²) in [6.07, 6.45) is 3.95. The van der Waals surface area contributed by atoms with Crippen molar-refractivity contribution in [2.24, 2.45) is 17.6 Å². The molecule has 1 saturated carbocycles. The average molecular weight is 187 g/mol. The molecule has 2 unspecified atom stereocenters. The fraction of sp³-hybridized carbons (Fsp3) is 1.00. The van der Waals surface area contributed by atoms with Gasteiger partial charge in [0.1, 0.15) is 0 Å². The van der Waals surface area contributed by atoms with Crippen LogP contribution in [0.1, 0.15) is 32.6 Å².